The minimum atomic E-state index is -3.94. The Bertz CT molecular complexity index is 1260. The zero-order valence-corrected chi connectivity index (χ0v) is 19.3. The van der Waals surface area contributed by atoms with Gasteiger partial charge in [-0.1, -0.05) is 61.0 Å². The highest BCUT2D eigenvalue weighted by Crippen LogP contribution is 2.32. The number of carbonyl (C=O) groups is 1. The van der Waals surface area contributed by atoms with E-state index in [9.17, 15) is 13.2 Å². The Morgan fingerprint density at radius 3 is 2.62 bits per heavy atom. The molecule has 1 aliphatic rings. The summed E-state index contributed by atoms with van der Waals surface area (Å²) in [7, 11) is -3.94. The van der Waals surface area contributed by atoms with E-state index in [0.29, 0.717) is 12.1 Å². The molecular weight excluding hydrogens is 444 g/mol. The van der Waals surface area contributed by atoms with Gasteiger partial charge in [-0.15, -0.1) is 0 Å². The van der Waals surface area contributed by atoms with Crippen LogP contribution in [0.2, 0.25) is 5.02 Å². The van der Waals surface area contributed by atoms with Crippen molar-refractivity contribution < 1.29 is 13.2 Å². The molecule has 3 aromatic rings. The molecular formula is C25H25ClN2O3S. The molecule has 0 bridgehead atoms. The molecule has 0 aromatic heterocycles. The van der Waals surface area contributed by atoms with Crippen LogP contribution in [0.1, 0.15) is 52.9 Å². The topological polar surface area (TPSA) is 75.3 Å². The predicted octanol–water partition coefficient (Wildman–Crippen LogP) is 5.51. The molecule has 166 valence electrons. The molecule has 0 saturated carbocycles. The maximum atomic E-state index is 13.2. The number of fused-ring (bicyclic) bond motifs is 1. The summed E-state index contributed by atoms with van der Waals surface area (Å²) in [6.45, 7) is 2.01. The molecule has 1 amide bonds. The zero-order chi connectivity index (χ0) is 22.7. The molecule has 1 atom stereocenters. The van der Waals surface area contributed by atoms with Gasteiger partial charge in [-0.2, -0.15) is 0 Å². The van der Waals surface area contributed by atoms with Crippen LogP contribution in [-0.2, 0) is 22.9 Å². The largest absolute Gasteiger partial charge is 0.322 e. The van der Waals surface area contributed by atoms with Crippen molar-refractivity contribution in [2.45, 2.75) is 43.5 Å². The maximum absolute atomic E-state index is 13.2. The van der Waals surface area contributed by atoms with E-state index in [1.54, 1.807) is 0 Å². The Balaban J connectivity index is 1.60. The summed E-state index contributed by atoms with van der Waals surface area (Å²) in [5.74, 6) is -0.387. The minimum Gasteiger partial charge on any atom is -0.322 e. The molecule has 1 aliphatic carbocycles. The summed E-state index contributed by atoms with van der Waals surface area (Å²) in [6.07, 6.45) is 3.31. The predicted molar refractivity (Wildman–Crippen MR) is 128 cm³/mol. The van der Waals surface area contributed by atoms with E-state index in [-0.39, 0.29) is 27.4 Å². The molecule has 5 nitrogen and oxygen atoms in total. The number of carbonyl (C=O) groups excluding carboxylic acids is 1. The zero-order valence-electron chi connectivity index (χ0n) is 17.8. The van der Waals surface area contributed by atoms with Crippen LogP contribution >= 0.6 is 11.6 Å². The van der Waals surface area contributed by atoms with Gasteiger partial charge in [0.05, 0.1) is 5.02 Å². The first-order valence-corrected chi connectivity index (χ1v) is 12.5. The van der Waals surface area contributed by atoms with Gasteiger partial charge in [-0.05, 0) is 66.6 Å². The van der Waals surface area contributed by atoms with Gasteiger partial charge < -0.3 is 5.32 Å². The maximum Gasteiger partial charge on any atom is 0.255 e. The van der Waals surface area contributed by atoms with Crippen LogP contribution in [0.4, 0.5) is 5.69 Å². The van der Waals surface area contributed by atoms with Crippen molar-refractivity contribution in [3.63, 3.8) is 0 Å². The average molecular weight is 469 g/mol. The SMILES string of the molecule is CCc1ccccc1NC(=O)c1ccc(Cl)c(S(=O)(=O)N[C@H]2CCCc3ccccc32)c1. The van der Waals surface area contributed by atoms with Crippen molar-refractivity contribution in [2.24, 2.45) is 0 Å². The second kappa shape index (κ2) is 9.45. The second-order valence-corrected chi connectivity index (χ2v) is 9.96. The van der Waals surface area contributed by atoms with Gasteiger partial charge in [0, 0.05) is 17.3 Å². The van der Waals surface area contributed by atoms with Gasteiger partial charge in [0.1, 0.15) is 4.90 Å². The van der Waals surface area contributed by atoms with Gasteiger partial charge in [0.25, 0.3) is 5.91 Å². The van der Waals surface area contributed by atoms with Crippen molar-refractivity contribution in [3.05, 3.63) is 94.0 Å². The van der Waals surface area contributed by atoms with Crippen molar-refractivity contribution in [2.75, 3.05) is 5.32 Å². The number of nitrogens with one attached hydrogen (secondary N) is 2. The van der Waals surface area contributed by atoms with Gasteiger partial charge in [-0.25, -0.2) is 13.1 Å². The average Bonchev–Trinajstić information content (AvgIpc) is 2.79. The van der Waals surface area contributed by atoms with Crippen molar-refractivity contribution in [1.29, 1.82) is 0 Å². The molecule has 0 heterocycles. The lowest BCUT2D eigenvalue weighted by Crippen LogP contribution is -2.31. The third-order valence-corrected chi connectivity index (χ3v) is 7.75. The normalized spacial score (nSPS) is 15.8. The Kier molecular flexibility index (Phi) is 6.65. The first-order valence-electron chi connectivity index (χ1n) is 10.7. The monoisotopic (exact) mass is 468 g/mol. The summed E-state index contributed by atoms with van der Waals surface area (Å²) in [6, 6.07) is 19.4. The fourth-order valence-corrected chi connectivity index (χ4v) is 5.90. The van der Waals surface area contributed by atoms with Crippen molar-refractivity contribution in [3.8, 4) is 0 Å². The fourth-order valence-electron chi connectivity index (χ4n) is 4.12. The quantitative estimate of drug-likeness (QED) is 0.500. The van der Waals surface area contributed by atoms with E-state index >= 15 is 0 Å². The van der Waals surface area contributed by atoms with Crippen LogP contribution in [-0.4, -0.2) is 14.3 Å². The van der Waals surface area contributed by atoms with E-state index in [0.717, 1.165) is 36.0 Å². The van der Waals surface area contributed by atoms with Crippen molar-refractivity contribution in [1.82, 2.24) is 4.72 Å². The lowest BCUT2D eigenvalue weighted by atomic mass is 9.88. The van der Waals surface area contributed by atoms with Crippen LogP contribution in [0, 0.1) is 0 Å². The number of halogens is 1. The highest BCUT2D eigenvalue weighted by Gasteiger charge is 2.27. The first kappa shape index (κ1) is 22.5. The highest BCUT2D eigenvalue weighted by molar-refractivity contribution is 7.89. The van der Waals surface area contributed by atoms with E-state index in [2.05, 4.69) is 10.0 Å². The molecule has 4 rings (SSSR count). The third kappa shape index (κ3) is 4.72. The molecule has 0 spiro atoms. The van der Waals surface area contributed by atoms with Crippen LogP contribution in [0.25, 0.3) is 0 Å². The number of amides is 1. The van der Waals surface area contributed by atoms with Crippen LogP contribution in [0.3, 0.4) is 0 Å². The van der Waals surface area contributed by atoms with Gasteiger partial charge in [-0.3, -0.25) is 4.79 Å². The Hall–Kier alpha value is -2.67. The van der Waals surface area contributed by atoms with Crippen LogP contribution < -0.4 is 10.0 Å². The number of hydrogen-bond donors (Lipinski definition) is 2. The standard InChI is InChI=1S/C25H25ClN2O3S/c1-2-17-8-4-6-12-22(17)27-25(29)19-14-15-21(26)24(16-19)32(30,31)28-23-13-7-10-18-9-3-5-11-20(18)23/h3-6,8-9,11-12,14-16,23,28H,2,7,10,13H2,1H3,(H,27,29)/t23-/m0/s1. The molecule has 0 radical (unpaired) electrons. The molecule has 0 saturated heterocycles. The van der Waals surface area contributed by atoms with Crippen molar-refractivity contribution >= 4 is 33.2 Å². The van der Waals surface area contributed by atoms with E-state index in [1.807, 2.05) is 55.5 Å². The molecule has 2 N–H and O–H groups in total. The van der Waals surface area contributed by atoms with Crippen LogP contribution in [0.5, 0.6) is 0 Å². The summed E-state index contributed by atoms with van der Waals surface area (Å²) in [5.41, 5.74) is 4.07. The summed E-state index contributed by atoms with van der Waals surface area (Å²) < 4.78 is 29.3. The number of hydrogen-bond acceptors (Lipinski definition) is 3. The number of sulfonamides is 1. The lowest BCUT2D eigenvalue weighted by Gasteiger charge is -2.26. The Labute approximate surface area is 193 Å². The number of para-hydroxylation sites is 1. The van der Waals surface area contributed by atoms with Gasteiger partial charge >= 0.3 is 0 Å². The Morgan fingerprint density at radius 1 is 1.06 bits per heavy atom. The van der Waals surface area contributed by atoms with Crippen LogP contribution in [0.15, 0.2) is 71.6 Å². The lowest BCUT2D eigenvalue weighted by molar-refractivity contribution is 0.102. The fraction of sp³-hybridized carbons (Fsp3) is 0.240. The molecule has 0 aliphatic heterocycles. The highest BCUT2D eigenvalue weighted by atomic mass is 35.5. The van der Waals surface area contributed by atoms with Gasteiger partial charge in [0.15, 0.2) is 0 Å². The Morgan fingerprint density at radius 2 is 1.81 bits per heavy atom. The minimum absolute atomic E-state index is 0.0760. The van der Waals surface area contributed by atoms with E-state index in [1.165, 1.54) is 18.2 Å². The molecule has 0 fully saturated rings. The van der Waals surface area contributed by atoms with E-state index < -0.39 is 10.0 Å². The first-order chi connectivity index (χ1) is 15.4. The molecule has 3 aromatic carbocycles. The molecule has 7 heteroatoms. The van der Waals surface area contributed by atoms with Gasteiger partial charge in [0.2, 0.25) is 10.0 Å². The third-order valence-electron chi connectivity index (χ3n) is 5.80. The number of benzene rings is 3. The smallest absolute Gasteiger partial charge is 0.255 e. The number of rotatable bonds is 6. The molecule has 0 unspecified atom stereocenters. The summed E-state index contributed by atoms with van der Waals surface area (Å²) >= 11 is 6.26. The molecule has 32 heavy (non-hydrogen) atoms. The van der Waals surface area contributed by atoms with E-state index in [4.69, 9.17) is 11.6 Å². The number of anilines is 1. The summed E-state index contributed by atoms with van der Waals surface area (Å²) in [5, 5.41) is 2.95. The second-order valence-electron chi connectivity index (χ2n) is 7.87. The number of aryl methyl sites for hydroxylation is 2. The summed E-state index contributed by atoms with van der Waals surface area (Å²) in [4.78, 5) is 12.8.